The number of allylic oxidation sites excluding steroid dienone is 1. The number of nitrogens with two attached hydrogens (primary N) is 1. The van der Waals surface area contributed by atoms with Crippen molar-refractivity contribution in [2.75, 3.05) is 26.3 Å². The van der Waals surface area contributed by atoms with Crippen molar-refractivity contribution in [1.29, 1.82) is 10.7 Å². The van der Waals surface area contributed by atoms with E-state index in [0.29, 0.717) is 48.8 Å². The van der Waals surface area contributed by atoms with Crippen molar-refractivity contribution in [1.82, 2.24) is 4.90 Å². The topological polar surface area (TPSA) is 103 Å². The Morgan fingerprint density at radius 3 is 2.31 bits per heavy atom. The Labute approximate surface area is 188 Å². The third-order valence-corrected chi connectivity index (χ3v) is 6.64. The number of nitriles is 1. The fourth-order valence-corrected chi connectivity index (χ4v) is 4.28. The summed E-state index contributed by atoms with van der Waals surface area (Å²) in [5, 5.41) is 17.7. The number of hydrogen-bond acceptors (Lipinski definition) is 5. The maximum Gasteiger partial charge on any atom is 0.254 e. The summed E-state index contributed by atoms with van der Waals surface area (Å²) in [6.45, 7) is 8.27. The molecule has 0 spiro atoms. The van der Waals surface area contributed by atoms with Gasteiger partial charge in [-0.2, -0.15) is 5.26 Å². The number of ether oxygens (including phenoxy) is 1. The molecule has 2 heterocycles. The SMILES string of the molecule is CC(C(=N)c1cc(C(=O)N2CC(c3ccc(C#N)cc3)C2)c(C)cc1C)=C(N)C1COC1. The van der Waals surface area contributed by atoms with Crippen molar-refractivity contribution in [3.05, 3.63) is 81.0 Å². The summed E-state index contributed by atoms with van der Waals surface area (Å²) >= 11 is 0. The van der Waals surface area contributed by atoms with Crippen LogP contribution in [-0.2, 0) is 4.74 Å². The van der Waals surface area contributed by atoms with Crippen molar-refractivity contribution >= 4 is 11.6 Å². The van der Waals surface area contributed by atoms with Crippen LogP contribution in [0.25, 0.3) is 0 Å². The molecule has 0 aromatic heterocycles. The molecule has 2 aliphatic rings. The van der Waals surface area contributed by atoms with E-state index in [0.717, 1.165) is 27.8 Å². The summed E-state index contributed by atoms with van der Waals surface area (Å²) in [5.41, 5.74) is 13.1. The predicted molar refractivity (Wildman–Crippen MR) is 124 cm³/mol. The zero-order valence-corrected chi connectivity index (χ0v) is 18.7. The van der Waals surface area contributed by atoms with Crippen molar-refractivity contribution in [2.45, 2.75) is 26.7 Å². The number of carbonyl (C=O) groups excluding carboxylic acids is 1. The predicted octanol–water partition coefficient (Wildman–Crippen LogP) is 3.66. The molecule has 0 aliphatic carbocycles. The highest BCUT2D eigenvalue weighted by Gasteiger charge is 2.33. The number of nitrogens with one attached hydrogen (secondary N) is 1. The van der Waals surface area contributed by atoms with Gasteiger partial charge in [0, 0.05) is 41.7 Å². The molecule has 0 saturated carbocycles. The molecule has 6 nitrogen and oxygen atoms in total. The molecule has 2 aromatic rings. The number of aryl methyl sites for hydroxylation is 2. The van der Waals surface area contributed by atoms with Gasteiger partial charge in [-0.1, -0.05) is 18.2 Å². The Morgan fingerprint density at radius 2 is 1.75 bits per heavy atom. The maximum atomic E-state index is 13.2. The van der Waals surface area contributed by atoms with E-state index in [1.54, 1.807) is 0 Å². The molecule has 0 atom stereocenters. The van der Waals surface area contributed by atoms with Gasteiger partial charge in [0.2, 0.25) is 0 Å². The quantitative estimate of drug-likeness (QED) is 0.709. The van der Waals surface area contributed by atoms with E-state index in [4.69, 9.17) is 21.1 Å². The largest absolute Gasteiger partial charge is 0.401 e. The first-order valence-corrected chi connectivity index (χ1v) is 10.8. The van der Waals surface area contributed by atoms with Crippen LogP contribution in [0.3, 0.4) is 0 Å². The molecule has 3 N–H and O–H groups in total. The second-order valence-electron chi connectivity index (χ2n) is 8.81. The van der Waals surface area contributed by atoms with E-state index in [2.05, 4.69) is 6.07 Å². The molecule has 2 aliphatic heterocycles. The lowest BCUT2D eigenvalue weighted by molar-refractivity contribution is -0.0141. The Balaban J connectivity index is 1.52. The number of carbonyl (C=O) groups is 1. The third-order valence-electron chi connectivity index (χ3n) is 6.64. The van der Waals surface area contributed by atoms with E-state index >= 15 is 0 Å². The lowest BCUT2D eigenvalue weighted by Gasteiger charge is -2.40. The summed E-state index contributed by atoms with van der Waals surface area (Å²) in [6.07, 6.45) is 0. The number of benzene rings is 2. The van der Waals surface area contributed by atoms with Crippen molar-refractivity contribution in [3.8, 4) is 6.07 Å². The standard InChI is InChI=1S/C26H28N4O2/c1-15-8-16(2)23(9-22(15)25(29)17(3)24(28)21-13-32-14-21)26(31)30-11-20(12-30)19-6-4-18(10-27)5-7-19/h4-9,20-21,29H,11-14,28H2,1-3H3. The van der Waals surface area contributed by atoms with Crippen LogP contribution in [0.2, 0.25) is 0 Å². The van der Waals surface area contributed by atoms with Gasteiger partial charge in [-0.05, 0) is 61.2 Å². The number of rotatable bonds is 5. The number of likely N-dealkylation sites (tertiary alicyclic amines) is 1. The normalized spacial score (nSPS) is 17.1. The van der Waals surface area contributed by atoms with Crippen molar-refractivity contribution < 1.29 is 9.53 Å². The highest BCUT2D eigenvalue weighted by Crippen LogP contribution is 2.30. The van der Waals surface area contributed by atoms with E-state index in [9.17, 15) is 4.79 Å². The first-order chi connectivity index (χ1) is 15.3. The third kappa shape index (κ3) is 3.92. The first-order valence-electron chi connectivity index (χ1n) is 10.8. The molecule has 0 radical (unpaired) electrons. The van der Waals surface area contributed by atoms with E-state index < -0.39 is 0 Å². The summed E-state index contributed by atoms with van der Waals surface area (Å²) in [4.78, 5) is 15.1. The molecule has 4 rings (SSSR count). The molecule has 32 heavy (non-hydrogen) atoms. The van der Waals surface area contributed by atoms with Crippen molar-refractivity contribution in [3.63, 3.8) is 0 Å². The minimum absolute atomic E-state index is 0.0107. The van der Waals surface area contributed by atoms with Gasteiger partial charge in [0.15, 0.2) is 0 Å². The average Bonchev–Trinajstić information content (AvgIpc) is 2.70. The smallest absolute Gasteiger partial charge is 0.254 e. The Bertz CT molecular complexity index is 1150. The van der Waals surface area contributed by atoms with Crippen LogP contribution in [0.15, 0.2) is 47.7 Å². The van der Waals surface area contributed by atoms with Crippen LogP contribution in [0, 0.1) is 36.5 Å². The fraction of sp³-hybridized carbons (Fsp3) is 0.346. The minimum Gasteiger partial charge on any atom is -0.401 e. The first kappa shape index (κ1) is 21.8. The Kier molecular flexibility index (Phi) is 5.86. The average molecular weight is 429 g/mol. The van der Waals surface area contributed by atoms with Gasteiger partial charge in [0.25, 0.3) is 5.91 Å². The second-order valence-corrected chi connectivity index (χ2v) is 8.81. The highest BCUT2D eigenvalue weighted by molar-refractivity contribution is 6.12. The minimum atomic E-state index is -0.0107. The maximum absolute atomic E-state index is 13.2. The van der Waals surface area contributed by atoms with Gasteiger partial charge in [-0.25, -0.2) is 0 Å². The summed E-state index contributed by atoms with van der Waals surface area (Å²) in [5.74, 6) is 0.441. The van der Waals surface area contributed by atoms with Crippen LogP contribution in [0.4, 0.5) is 0 Å². The Hall–Kier alpha value is -3.43. The number of nitrogens with zero attached hydrogens (tertiary/aromatic N) is 2. The van der Waals surface area contributed by atoms with Crippen LogP contribution >= 0.6 is 0 Å². The van der Waals surface area contributed by atoms with Gasteiger partial charge in [0.05, 0.1) is 30.6 Å². The van der Waals surface area contributed by atoms with Gasteiger partial charge in [0.1, 0.15) is 0 Å². The van der Waals surface area contributed by atoms with Gasteiger partial charge >= 0.3 is 0 Å². The highest BCUT2D eigenvalue weighted by atomic mass is 16.5. The molecule has 164 valence electrons. The fourth-order valence-electron chi connectivity index (χ4n) is 4.28. The molecule has 0 unspecified atom stereocenters. The lowest BCUT2D eigenvalue weighted by Crippen LogP contribution is -2.48. The molecule has 2 aromatic carbocycles. The summed E-state index contributed by atoms with van der Waals surface area (Å²) in [6, 6.07) is 13.5. The second kappa shape index (κ2) is 8.60. The van der Waals surface area contributed by atoms with Crippen LogP contribution in [-0.4, -0.2) is 42.8 Å². The van der Waals surface area contributed by atoms with Crippen LogP contribution in [0.1, 0.15) is 51.0 Å². The lowest BCUT2D eigenvalue weighted by atomic mass is 9.88. The summed E-state index contributed by atoms with van der Waals surface area (Å²) < 4.78 is 5.23. The van der Waals surface area contributed by atoms with Gasteiger partial charge < -0.3 is 15.4 Å². The van der Waals surface area contributed by atoms with Gasteiger partial charge in [-0.15, -0.1) is 0 Å². The number of amides is 1. The molecule has 0 bridgehead atoms. The molecule has 1 amide bonds. The molecular formula is C26H28N4O2. The van der Waals surface area contributed by atoms with Crippen molar-refractivity contribution in [2.24, 2.45) is 11.7 Å². The summed E-state index contributed by atoms with van der Waals surface area (Å²) in [7, 11) is 0. The number of hydrogen-bond donors (Lipinski definition) is 2. The zero-order valence-electron chi connectivity index (χ0n) is 18.7. The molecule has 2 fully saturated rings. The van der Waals surface area contributed by atoms with E-state index in [1.807, 2.05) is 62.1 Å². The van der Waals surface area contributed by atoms with E-state index in [1.165, 1.54) is 0 Å². The molecular weight excluding hydrogens is 400 g/mol. The molecule has 2 saturated heterocycles. The van der Waals surface area contributed by atoms with Crippen LogP contribution in [0.5, 0.6) is 0 Å². The van der Waals surface area contributed by atoms with Gasteiger partial charge in [-0.3, -0.25) is 10.2 Å². The zero-order chi connectivity index (χ0) is 23.0. The monoisotopic (exact) mass is 428 g/mol. The Morgan fingerprint density at radius 1 is 1.12 bits per heavy atom. The molecule has 6 heteroatoms. The van der Waals surface area contributed by atoms with E-state index in [-0.39, 0.29) is 17.7 Å². The van der Waals surface area contributed by atoms with Crippen LogP contribution < -0.4 is 5.73 Å².